The lowest BCUT2D eigenvalue weighted by molar-refractivity contribution is 0.245. The van der Waals surface area contributed by atoms with E-state index in [4.69, 9.17) is 0 Å². The van der Waals surface area contributed by atoms with E-state index >= 15 is 0 Å². The Morgan fingerprint density at radius 2 is 1.12 bits per heavy atom. The van der Waals surface area contributed by atoms with Crippen LogP contribution in [0.15, 0.2) is 0 Å². The maximum atomic E-state index is 2.39. The standard InChI is InChI=1S/C11H24.C4H10.C2H6/c1-6-8-11(9(3)4)10(5)7-2;1-4(2)3;1-2/h9-11H,6-8H2,1-5H3;4H,1-3H3;1-2H3. The summed E-state index contributed by atoms with van der Waals surface area (Å²) >= 11 is 0. The van der Waals surface area contributed by atoms with Crippen molar-refractivity contribution in [2.45, 2.75) is 88.5 Å². The predicted octanol–water partition coefficient (Wildman–Crippen LogP) is 6.79. The summed E-state index contributed by atoms with van der Waals surface area (Å²) in [6.45, 7) is 22.2. The zero-order valence-corrected chi connectivity index (χ0v) is 14.4. The van der Waals surface area contributed by atoms with E-state index in [1.54, 1.807) is 0 Å². The molecule has 0 aliphatic heterocycles. The van der Waals surface area contributed by atoms with Gasteiger partial charge >= 0.3 is 0 Å². The molecule has 0 bridgehead atoms. The highest BCUT2D eigenvalue weighted by Crippen LogP contribution is 2.27. The molecule has 2 atom stereocenters. The van der Waals surface area contributed by atoms with Gasteiger partial charge in [0.05, 0.1) is 0 Å². The third-order valence-corrected chi connectivity index (χ3v) is 2.85. The second-order valence-electron chi connectivity index (χ2n) is 5.81. The molecule has 0 radical (unpaired) electrons. The molecule has 17 heavy (non-hydrogen) atoms. The van der Waals surface area contributed by atoms with Gasteiger partial charge in [-0.05, 0) is 23.7 Å². The van der Waals surface area contributed by atoms with Crippen molar-refractivity contribution in [3.63, 3.8) is 0 Å². The van der Waals surface area contributed by atoms with Crippen LogP contribution < -0.4 is 0 Å². The normalized spacial score (nSPS) is 13.4. The molecule has 0 spiro atoms. The SMILES string of the molecule is CC.CC(C)C.CCCC(C(C)C)C(C)CC. The average Bonchev–Trinajstić information content (AvgIpc) is 2.26. The fraction of sp³-hybridized carbons (Fsp3) is 1.00. The van der Waals surface area contributed by atoms with E-state index in [1.165, 1.54) is 19.3 Å². The minimum absolute atomic E-state index is 0.833. The summed E-state index contributed by atoms with van der Waals surface area (Å²) in [6.07, 6.45) is 4.09. The first-order valence-corrected chi connectivity index (χ1v) is 7.86. The van der Waals surface area contributed by atoms with Gasteiger partial charge in [0.15, 0.2) is 0 Å². The van der Waals surface area contributed by atoms with E-state index in [9.17, 15) is 0 Å². The van der Waals surface area contributed by atoms with Crippen molar-refractivity contribution in [1.29, 1.82) is 0 Å². The molecule has 0 saturated carbocycles. The average molecular weight is 245 g/mol. The maximum Gasteiger partial charge on any atom is -0.0366 e. The maximum absolute atomic E-state index is 2.39. The van der Waals surface area contributed by atoms with Crippen LogP contribution >= 0.6 is 0 Å². The Morgan fingerprint density at radius 1 is 0.765 bits per heavy atom. The third-order valence-electron chi connectivity index (χ3n) is 2.85. The van der Waals surface area contributed by atoms with Gasteiger partial charge in [0, 0.05) is 0 Å². The van der Waals surface area contributed by atoms with Crippen LogP contribution in [0.5, 0.6) is 0 Å². The molecule has 0 aromatic carbocycles. The molecular weight excluding hydrogens is 204 g/mol. The lowest BCUT2D eigenvalue weighted by Crippen LogP contribution is -2.16. The molecule has 0 rings (SSSR count). The first-order chi connectivity index (χ1) is 7.86. The molecule has 0 aliphatic carbocycles. The van der Waals surface area contributed by atoms with Gasteiger partial charge < -0.3 is 0 Å². The fourth-order valence-electron chi connectivity index (χ4n) is 1.91. The summed E-state index contributed by atoms with van der Waals surface area (Å²) in [5.74, 6) is 3.56. The van der Waals surface area contributed by atoms with Gasteiger partial charge in [0.1, 0.15) is 0 Å². The highest BCUT2D eigenvalue weighted by molar-refractivity contribution is 4.68. The third kappa shape index (κ3) is 18.6. The molecule has 0 aromatic rings. The van der Waals surface area contributed by atoms with Crippen molar-refractivity contribution in [2.75, 3.05) is 0 Å². The summed E-state index contributed by atoms with van der Waals surface area (Å²) in [4.78, 5) is 0. The summed E-state index contributed by atoms with van der Waals surface area (Å²) in [7, 11) is 0. The summed E-state index contributed by atoms with van der Waals surface area (Å²) in [5.41, 5.74) is 0. The number of hydrogen-bond acceptors (Lipinski definition) is 0. The molecule has 0 fully saturated rings. The van der Waals surface area contributed by atoms with Crippen LogP contribution in [0.4, 0.5) is 0 Å². The smallest absolute Gasteiger partial charge is 0.0366 e. The Labute approximate surface area is 113 Å². The second kappa shape index (κ2) is 16.0. The van der Waals surface area contributed by atoms with Crippen LogP contribution in [-0.4, -0.2) is 0 Å². The molecular formula is C17H40. The topological polar surface area (TPSA) is 0 Å². The van der Waals surface area contributed by atoms with Gasteiger partial charge in [-0.1, -0.05) is 88.5 Å². The molecule has 0 heterocycles. The molecule has 0 nitrogen and oxygen atoms in total. The van der Waals surface area contributed by atoms with Crippen molar-refractivity contribution in [3.05, 3.63) is 0 Å². The highest BCUT2D eigenvalue weighted by Gasteiger charge is 2.17. The van der Waals surface area contributed by atoms with Gasteiger partial charge in [-0.3, -0.25) is 0 Å². The van der Waals surface area contributed by atoms with E-state index in [0.717, 1.165) is 23.7 Å². The Balaban J connectivity index is -0.000000275. The molecule has 0 aromatic heterocycles. The lowest BCUT2D eigenvalue weighted by Gasteiger charge is -2.26. The molecule has 0 aliphatic rings. The van der Waals surface area contributed by atoms with E-state index in [2.05, 4.69) is 55.4 Å². The zero-order valence-electron chi connectivity index (χ0n) is 14.4. The first kappa shape index (κ1) is 22.2. The Kier molecular flexibility index (Phi) is 20.9. The Hall–Kier alpha value is 0. The van der Waals surface area contributed by atoms with Crippen LogP contribution in [-0.2, 0) is 0 Å². The van der Waals surface area contributed by atoms with E-state index < -0.39 is 0 Å². The lowest BCUT2D eigenvalue weighted by atomic mass is 9.80. The Bertz CT molecular complexity index is 110. The van der Waals surface area contributed by atoms with Crippen LogP contribution in [0.25, 0.3) is 0 Å². The molecule has 0 N–H and O–H groups in total. The van der Waals surface area contributed by atoms with Gasteiger partial charge in [0.25, 0.3) is 0 Å². The number of hydrogen-bond donors (Lipinski definition) is 0. The van der Waals surface area contributed by atoms with Crippen molar-refractivity contribution >= 4 is 0 Å². The largest absolute Gasteiger partial charge is 0.0683 e. The molecule has 0 amide bonds. The van der Waals surface area contributed by atoms with Gasteiger partial charge in [-0.25, -0.2) is 0 Å². The first-order valence-electron chi connectivity index (χ1n) is 7.86. The van der Waals surface area contributed by atoms with Gasteiger partial charge in [-0.2, -0.15) is 0 Å². The van der Waals surface area contributed by atoms with Crippen LogP contribution in [0, 0.1) is 23.7 Å². The van der Waals surface area contributed by atoms with Crippen molar-refractivity contribution < 1.29 is 0 Å². The van der Waals surface area contributed by atoms with Crippen LogP contribution in [0.3, 0.4) is 0 Å². The van der Waals surface area contributed by atoms with E-state index in [0.29, 0.717) is 0 Å². The number of rotatable bonds is 5. The molecule has 108 valence electrons. The van der Waals surface area contributed by atoms with Crippen molar-refractivity contribution in [3.8, 4) is 0 Å². The second-order valence-corrected chi connectivity index (χ2v) is 5.81. The Morgan fingerprint density at radius 3 is 1.29 bits per heavy atom. The molecule has 0 saturated heterocycles. The van der Waals surface area contributed by atoms with Crippen LogP contribution in [0.2, 0.25) is 0 Å². The molecule has 0 heteroatoms. The van der Waals surface area contributed by atoms with Crippen molar-refractivity contribution in [2.24, 2.45) is 23.7 Å². The van der Waals surface area contributed by atoms with Crippen molar-refractivity contribution in [1.82, 2.24) is 0 Å². The van der Waals surface area contributed by atoms with E-state index in [-0.39, 0.29) is 0 Å². The quantitative estimate of drug-likeness (QED) is 0.499. The highest BCUT2D eigenvalue weighted by atomic mass is 14.2. The summed E-state index contributed by atoms with van der Waals surface area (Å²) in [5, 5.41) is 0. The zero-order chi connectivity index (χ0) is 14.4. The minimum atomic E-state index is 0.833. The minimum Gasteiger partial charge on any atom is -0.0683 e. The fourth-order valence-corrected chi connectivity index (χ4v) is 1.91. The van der Waals surface area contributed by atoms with E-state index in [1.807, 2.05) is 13.8 Å². The summed E-state index contributed by atoms with van der Waals surface area (Å²) < 4.78 is 0. The molecule has 2 unspecified atom stereocenters. The van der Waals surface area contributed by atoms with Crippen LogP contribution in [0.1, 0.15) is 88.5 Å². The van der Waals surface area contributed by atoms with Gasteiger partial charge in [0.2, 0.25) is 0 Å². The predicted molar refractivity (Wildman–Crippen MR) is 84.6 cm³/mol. The monoisotopic (exact) mass is 244 g/mol. The summed E-state index contributed by atoms with van der Waals surface area (Å²) in [6, 6.07) is 0. The van der Waals surface area contributed by atoms with Gasteiger partial charge in [-0.15, -0.1) is 0 Å².